The summed E-state index contributed by atoms with van der Waals surface area (Å²) in [6, 6.07) is 0. The van der Waals surface area contributed by atoms with E-state index in [4.69, 9.17) is 5.73 Å². The molecular formula is C4H14I2N2. The molecule has 0 rings (SSSR count). The molecular weight excluding hydrogens is 330 g/mol. The molecule has 0 heterocycles. The topological polar surface area (TPSA) is 29.3 Å². The summed E-state index contributed by atoms with van der Waals surface area (Å²) in [5.41, 5.74) is 5.19. The lowest BCUT2D eigenvalue weighted by molar-refractivity contribution is 0.420. The van der Waals surface area contributed by atoms with Gasteiger partial charge >= 0.3 is 0 Å². The summed E-state index contributed by atoms with van der Waals surface area (Å²) in [5, 5.41) is 0. The van der Waals surface area contributed by atoms with Gasteiger partial charge in [0.1, 0.15) is 0 Å². The van der Waals surface area contributed by atoms with E-state index in [1.54, 1.807) is 0 Å². The number of rotatable bonds is 2. The first-order valence-electron chi connectivity index (χ1n) is 2.12. The number of hydrogen-bond acceptors (Lipinski definition) is 2. The molecule has 4 heteroatoms. The second-order valence-corrected chi connectivity index (χ2v) is 1.59. The van der Waals surface area contributed by atoms with Crippen LogP contribution in [-0.2, 0) is 0 Å². The van der Waals surface area contributed by atoms with Gasteiger partial charge in [0.25, 0.3) is 0 Å². The number of hydrogen-bond donors (Lipinski definition) is 1. The average Bonchev–Trinajstić information content (AvgIpc) is 1.35. The van der Waals surface area contributed by atoms with Crippen LogP contribution in [0.4, 0.5) is 0 Å². The van der Waals surface area contributed by atoms with E-state index in [2.05, 4.69) is 4.90 Å². The van der Waals surface area contributed by atoms with Crippen LogP contribution < -0.4 is 5.73 Å². The van der Waals surface area contributed by atoms with Crippen molar-refractivity contribution in [1.29, 1.82) is 0 Å². The Morgan fingerprint density at radius 2 is 1.62 bits per heavy atom. The van der Waals surface area contributed by atoms with Gasteiger partial charge in [-0.1, -0.05) is 0 Å². The lowest BCUT2D eigenvalue weighted by Crippen LogP contribution is -2.20. The fourth-order valence-electron chi connectivity index (χ4n) is 0.258. The minimum atomic E-state index is 0. The number of halogens is 2. The molecule has 0 fully saturated rings. The Balaban J connectivity index is -0.000000125. The quantitative estimate of drug-likeness (QED) is 0.749. The Hall–Kier alpha value is 1.38. The van der Waals surface area contributed by atoms with Crippen LogP contribution in [-0.4, -0.2) is 32.1 Å². The SMILES string of the molecule is CN(C)CCN.I.I. The van der Waals surface area contributed by atoms with Crippen molar-refractivity contribution in [3.8, 4) is 0 Å². The second-order valence-electron chi connectivity index (χ2n) is 1.59. The molecule has 0 bridgehead atoms. The summed E-state index contributed by atoms with van der Waals surface area (Å²) in [6.45, 7) is 1.74. The first-order chi connectivity index (χ1) is 2.77. The van der Waals surface area contributed by atoms with Gasteiger partial charge in [-0.3, -0.25) is 0 Å². The zero-order valence-corrected chi connectivity index (χ0v) is 9.92. The Kier molecular flexibility index (Phi) is 22.7. The zero-order chi connectivity index (χ0) is 4.99. The fourth-order valence-corrected chi connectivity index (χ4v) is 0.258. The van der Waals surface area contributed by atoms with Crippen LogP contribution in [0.1, 0.15) is 0 Å². The molecule has 2 N–H and O–H groups in total. The molecule has 2 nitrogen and oxygen atoms in total. The molecule has 0 aromatic rings. The Labute approximate surface area is 85.2 Å². The zero-order valence-electron chi connectivity index (χ0n) is 5.26. The highest BCUT2D eigenvalue weighted by Crippen LogP contribution is 1.64. The molecule has 0 saturated heterocycles. The molecule has 0 radical (unpaired) electrons. The standard InChI is InChI=1S/C4H12N2.2HI/c1-6(2)4-3-5;;/h3-5H2,1-2H3;2*1H. The highest BCUT2D eigenvalue weighted by Gasteiger charge is 1.79. The van der Waals surface area contributed by atoms with Crippen LogP contribution in [0.15, 0.2) is 0 Å². The lowest BCUT2D eigenvalue weighted by Gasteiger charge is -2.03. The third kappa shape index (κ3) is 15.7. The Morgan fingerprint density at radius 1 is 1.25 bits per heavy atom. The maximum atomic E-state index is 5.19. The van der Waals surface area contributed by atoms with Gasteiger partial charge in [-0.05, 0) is 14.1 Å². The van der Waals surface area contributed by atoms with Crippen LogP contribution in [0.25, 0.3) is 0 Å². The average molecular weight is 344 g/mol. The number of nitrogens with zero attached hydrogens (tertiary/aromatic N) is 1. The third-order valence-corrected chi connectivity index (χ3v) is 0.576. The number of nitrogens with two attached hydrogens (primary N) is 1. The molecule has 0 atom stereocenters. The van der Waals surface area contributed by atoms with Crippen molar-refractivity contribution in [2.24, 2.45) is 5.73 Å². The summed E-state index contributed by atoms with van der Waals surface area (Å²) >= 11 is 0. The van der Waals surface area contributed by atoms with E-state index in [9.17, 15) is 0 Å². The minimum Gasteiger partial charge on any atom is -0.329 e. The van der Waals surface area contributed by atoms with Gasteiger partial charge in [0.05, 0.1) is 0 Å². The van der Waals surface area contributed by atoms with Gasteiger partial charge in [-0.25, -0.2) is 0 Å². The van der Waals surface area contributed by atoms with Crippen LogP contribution in [0.2, 0.25) is 0 Å². The molecule has 0 saturated carbocycles. The van der Waals surface area contributed by atoms with Crippen molar-refractivity contribution in [2.75, 3.05) is 27.2 Å². The molecule has 0 amide bonds. The molecule has 8 heavy (non-hydrogen) atoms. The predicted octanol–water partition coefficient (Wildman–Crippen LogP) is 0.743. The maximum absolute atomic E-state index is 5.19. The predicted molar refractivity (Wildman–Crippen MR) is 58.4 cm³/mol. The van der Waals surface area contributed by atoms with Gasteiger partial charge in [0.2, 0.25) is 0 Å². The van der Waals surface area contributed by atoms with Gasteiger partial charge in [-0.2, -0.15) is 0 Å². The van der Waals surface area contributed by atoms with Gasteiger partial charge in [-0.15, -0.1) is 48.0 Å². The Morgan fingerprint density at radius 3 is 1.62 bits per heavy atom. The molecule has 0 aliphatic heterocycles. The second kappa shape index (κ2) is 11.2. The van der Waals surface area contributed by atoms with Crippen molar-refractivity contribution < 1.29 is 0 Å². The summed E-state index contributed by atoms with van der Waals surface area (Å²) in [7, 11) is 4.01. The van der Waals surface area contributed by atoms with Crippen LogP contribution in [0.3, 0.4) is 0 Å². The smallest absolute Gasteiger partial charge is 0.00985 e. The monoisotopic (exact) mass is 344 g/mol. The van der Waals surface area contributed by atoms with Crippen LogP contribution in [0, 0.1) is 0 Å². The summed E-state index contributed by atoms with van der Waals surface area (Å²) < 4.78 is 0. The van der Waals surface area contributed by atoms with E-state index in [0.717, 1.165) is 13.1 Å². The molecule has 0 unspecified atom stereocenters. The Bertz CT molecular complexity index is 33.2. The van der Waals surface area contributed by atoms with Gasteiger partial charge in [0.15, 0.2) is 0 Å². The van der Waals surface area contributed by atoms with E-state index in [1.165, 1.54) is 0 Å². The van der Waals surface area contributed by atoms with E-state index >= 15 is 0 Å². The molecule has 54 valence electrons. The van der Waals surface area contributed by atoms with E-state index in [0.29, 0.717) is 0 Å². The highest BCUT2D eigenvalue weighted by molar-refractivity contribution is 14.0. The number of likely N-dealkylation sites (N-methyl/N-ethyl adjacent to an activating group) is 1. The maximum Gasteiger partial charge on any atom is 0.00985 e. The normalized spacial score (nSPS) is 7.50. The van der Waals surface area contributed by atoms with Crippen molar-refractivity contribution >= 4 is 48.0 Å². The molecule has 0 aromatic heterocycles. The van der Waals surface area contributed by atoms with E-state index < -0.39 is 0 Å². The van der Waals surface area contributed by atoms with E-state index in [-0.39, 0.29) is 48.0 Å². The van der Waals surface area contributed by atoms with E-state index in [1.807, 2.05) is 14.1 Å². The fraction of sp³-hybridized carbons (Fsp3) is 1.00. The molecule has 0 aliphatic rings. The summed E-state index contributed by atoms with van der Waals surface area (Å²) in [4.78, 5) is 2.06. The summed E-state index contributed by atoms with van der Waals surface area (Å²) in [5.74, 6) is 0. The van der Waals surface area contributed by atoms with Gasteiger partial charge < -0.3 is 10.6 Å². The van der Waals surface area contributed by atoms with Crippen LogP contribution in [0.5, 0.6) is 0 Å². The van der Waals surface area contributed by atoms with Crippen molar-refractivity contribution in [1.82, 2.24) is 4.90 Å². The van der Waals surface area contributed by atoms with Crippen molar-refractivity contribution in [3.05, 3.63) is 0 Å². The third-order valence-electron chi connectivity index (χ3n) is 0.576. The largest absolute Gasteiger partial charge is 0.329 e. The molecule has 0 aromatic carbocycles. The lowest BCUT2D eigenvalue weighted by atomic mass is 10.6. The summed E-state index contributed by atoms with van der Waals surface area (Å²) in [6.07, 6.45) is 0. The highest BCUT2D eigenvalue weighted by atomic mass is 127. The first kappa shape index (κ1) is 16.2. The molecule has 0 aliphatic carbocycles. The van der Waals surface area contributed by atoms with Crippen LogP contribution >= 0.6 is 48.0 Å². The van der Waals surface area contributed by atoms with Gasteiger partial charge in [0, 0.05) is 13.1 Å². The van der Waals surface area contributed by atoms with Crippen molar-refractivity contribution in [3.63, 3.8) is 0 Å². The van der Waals surface area contributed by atoms with Crippen molar-refractivity contribution in [2.45, 2.75) is 0 Å². The first-order valence-corrected chi connectivity index (χ1v) is 2.12. The minimum absolute atomic E-state index is 0. The molecule has 0 spiro atoms.